The Morgan fingerprint density at radius 2 is 1.86 bits per heavy atom. The fourth-order valence-electron chi connectivity index (χ4n) is 5.25. The van der Waals surface area contributed by atoms with Crippen LogP contribution < -0.4 is 20.5 Å². The Hall–Kier alpha value is -3.82. The van der Waals surface area contributed by atoms with Crippen molar-refractivity contribution in [1.82, 2.24) is 14.9 Å². The van der Waals surface area contributed by atoms with E-state index in [2.05, 4.69) is 11.4 Å². The number of ether oxygens (including phenoxy) is 1. The second-order valence-corrected chi connectivity index (χ2v) is 9.59. The van der Waals surface area contributed by atoms with Crippen LogP contribution in [0.25, 0.3) is 0 Å². The molecule has 0 aliphatic carbocycles. The van der Waals surface area contributed by atoms with E-state index >= 15 is 0 Å². The largest absolute Gasteiger partial charge is 0.502 e. The van der Waals surface area contributed by atoms with Gasteiger partial charge in [-0.2, -0.15) is 0 Å². The molecule has 3 aliphatic heterocycles. The number of fused-ring (bicyclic) bond motifs is 4. The summed E-state index contributed by atoms with van der Waals surface area (Å²) in [5, 5.41) is 15.5. The van der Waals surface area contributed by atoms with Crippen LogP contribution in [0.5, 0.6) is 11.5 Å². The monoisotopic (exact) mass is 510 g/mol. The summed E-state index contributed by atoms with van der Waals surface area (Å²) in [7, 11) is 0. The number of hydrogen-bond acceptors (Lipinski definition) is 6. The maximum Gasteiger partial charge on any atom is 0.278 e. The number of amides is 2. The van der Waals surface area contributed by atoms with E-state index in [1.165, 1.54) is 29.1 Å². The molecule has 0 spiro atoms. The molecular formula is C27H31FN4O5. The van der Waals surface area contributed by atoms with Crippen molar-refractivity contribution in [3.8, 4) is 11.5 Å². The number of carbonyl (C=O) groups is 2. The highest BCUT2D eigenvalue weighted by atomic mass is 19.1. The lowest BCUT2D eigenvalue weighted by molar-refractivity contribution is 0.0643. The van der Waals surface area contributed by atoms with Crippen LogP contribution in [0.4, 0.5) is 4.39 Å². The maximum absolute atomic E-state index is 13.9. The number of hydrogen-bond donors (Lipinski definition) is 2. The lowest BCUT2D eigenvalue weighted by Crippen LogP contribution is -2.59. The van der Waals surface area contributed by atoms with Crippen molar-refractivity contribution in [2.45, 2.75) is 57.7 Å². The predicted molar refractivity (Wildman–Crippen MR) is 135 cm³/mol. The fraction of sp³-hybridized carbons (Fsp3) is 0.444. The zero-order valence-corrected chi connectivity index (χ0v) is 20.6. The van der Waals surface area contributed by atoms with Gasteiger partial charge in [-0.1, -0.05) is 24.6 Å². The van der Waals surface area contributed by atoms with Gasteiger partial charge in [-0.05, 0) is 44.6 Å². The highest BCUT2D eigenvalue weighted by molar-refractivity contribution is 5.99. The van der Waals surface area contributed by atoms with Gasteiger partial charge >= 0.3 is 0 Å². The van der Waals surface area contributed by atoms with Crippen LogP contribution in [0, 0.1) is 5.82 Å². The molecule has 0 radical (unpaired) electrons. The van der Waals surface area contributed by atoms with Crippen molar-refractivity contribution in [2.24, 2.45) is 0 Å². The predicted octanol–water partition coefficient (Wildman–Crippen LogP) is 3.04. The number of aromatic hydroxyl groups is 1. The normalized spacial score (nSPS) is 21.6. The highest BCUT2D eigenvalue weighted by Crippen LogP contribution is 2.31. The lowest BCUT2D eigenvalue weighted by atomic mass is 10.1. The standard InChI is InChI=1S/C27H31FN4O5/c28-19-11-10-18-16-29-26(35)20-17-32-23(25(34)24(20)33)27(36)30-12-8-9-22(30)31(32)13-6-4-2-1-3-5-7-14-37-21(18)15-19/h3,5,10-11,15,17,22,34H,1-2,4,6-9,12-14,16H2,(H,29,35)/b5-3-/t22-/m1/s1. The summed E-state index contributed by atoms with van der Waals surface area (Å²) in [6, 6.07) is 4.07. The quantitative estimate of drug-likeness (QED) is 0.528. The first-order valence-corrected chi connectivity index (χ1v) is 12.9. The summed E-state index contributed by atoms with van der Waals surface area (Å²) in [6.45, 7) is 1.52. The summed E-state index contributed by atoms with van der Waals surface area (Å²) >= 11 is 0. The Bertz CT molecular complexity index is 1290. The van der Waals surface area contributed by atoms with Crippen LogP contribution in [0.15, 0.2) is 41.3 Å². The van der Waals surface area contributed by atoms with Gasteiger partial charge in [0, 0.05) is 37.5 Å². The topological polar surface area (TPSA) is 104 Å². The number of nitrogens with zero attached hydrogens (tertiary/aromatic N) is 3. The lowest BCUT2D eigenvalue weighted by Gasteiger charge is -2.43. The van der Waals surface area contributed by atoms with Crippen molar-refractivity contribution in [1.29, 1.82) is 0 Å². The molecule has 1 saturated heterocycles. The number of allylic oxidation sites excluding steroid dienone is 1. The molecule has 196 valence electrons. The molecule has 37 heavy (non-hydrogen) atoms. The van der Waals surface area contributed by atoms with Gasteiger partial charge < -0.3 is 20.1 Å². The van der Waals surface area contributed by atoms with Crippen molar-refractivity contribution in [3.63, 3.8) is 0 Å². The molecule has 4 heterocycles. The van der Waals surface area contributed by atoms with Crippen LogP contribution >= 0.6 is 0 Å². The molecule has 2 aromatic rings. The number of halogens is 1. The van der Waals surface area contributed by atoms with Crippen molar-refractivity contribution >= 4 is 11.8 Å². The molecule has 5 rings (SSSR count). The van der Waals surface area contributed by atoms with Crippen LogP contribution in [0.1, 0.15) is 71.4 Å². The molecule has 1 fully saturated rings. The first-order valence-electron chi connectivity index (χ1n) is 12.9. The minimum atomic E-state index is -0.901. The Balaban J connectivity index is 1.51. The van der Waals surface area contributed by atoms with Crippen molar-refractivity contribution in [3.05, 3.63) is 69.4 Å². The SMILES string of the molecule is O=C1NCc2ccc(F)cc2OCC/C=C\CCCCCN2[C@@H]3CCCN3C(=O)c3c(O)c(=O)c1cn32. The average molecular weight is 511 g/mol. The molecule has 3 aliphatic rings. The molecule has 1 atom stereocenters. The smallest absolute Gasteiger partial charge is 0.278 e. The van der Waals surface area contributed by atoms with Gasteiger partial charge in [-0.15, -0.1) is 0 Å². The maximum atomic E-state index is 13.9. The highest BCUT2D eigenvalue weighted by Gasteiger charge is 2.42. The van der Waals surface area contributed by atoms with Crippen LogP contribution in [-0.4, -0.2) is 52.4 Å². The molecule has 1 aromatic carbocycles. The first-order chi connectivity index (χ1) is 18.0. The summed E-state index contributed by atoms with van der Waals surface area (Å²) in [6.07, 6.45) is 11.3. The van der Waals surface area contributed by atoms with E-state index in [9.17, 15) is 23.9 Å². The van der Waals surface area contributed by atoms with Crippen LogP contribution in [0.2, 0.25) is 0 Å². The molecule has 2 bridgehead atoms. The van der Waals surface area contributed by atoms with Crippen LogP contribution in [0.3, 0.4) is 0 Å². The molecule has 0 saturated carbocycles. The number of pyridine rings is 1. The summed E-state index contributed by atoms with van der Waals surface area (Å²) in [5.74, 6) is -1.97. The minimum Gasteiger partial charge on any atom is -0.502 e. The van der Waals surface area contributed by atoms with Gasteiger partial charge in [0.15, 0.2) is 11.4 Å². The number of nitrogens with one attached hydrogen (secondary N) is 1. The van der Waals surface area contributed by atoms with Gasteiger partial charge in [0.05, 0.1) is 6.61 Å². The van der Waals surface area contributed by atoms with E-state index in [0.717, 1.165) is 38.5 Å². The number of aromatic nitrogens is 1. The first kappa shape index (κ1) is 24.9. The second kappa shape index (κ2) is 10.7. The Kier molecular flexibility index (Phi) is 7.16. The number of carbonyl (C=O) groups excluding carboxylic acids is 2. The molecule has 2 N–H and O–H groups in total. The van der Waals surface area contributed by atoms with E-state index in [0.29, 0.717) is 37.4 Å². The molecule has 1 aromatic heterocycles. The molecule has 10 heteroatoms. The third-order valence-electron chi connectivity index (χ3n) is 7.15. The van der Waals surface area contributed by atoms with E-state index in [1.807, 2.05) is 11.1 Å². The van der Waals surface area contributed by atoms with Gasteiger partial charge in [0.25, 0.3) is 11.8 Å². The third-order valence-corrected chi connectivity index (χ3v) is 7.15. The van der Waals surface area contributed by atoms with Crippen molar-refractivity contribution in [2.75, 3.05) is 24.7 Å². The van der Waals surface area contributed by atoms with E-state index in [-0.39, 0.29) is 24.0 Å². The Labute approximate surface area is 214 Å². The molecule has 9 nitrogen and oxygen atoms in total. The van der Waals surface area contributed by atoms with Crippen molar-refractivity contribution < 1.29 is 23.8 Å². The summed E-state index contributed by atoms with van der Waals surface area (Å²) in [4.78, 5) is 41.0. The average Bonchev–Trinajstić information content (AvgIpc) is 3.37. The molecule has 0 unspecified atom stereocenters. The van der Waals surface area contributed by atoms with E-state index in [1.54, 1.807) is 4.90 Å². The number of rotatable bonds is 0. The Morgan fingerprint density at radius 1 is 1.03 bits per heavy atom. The van der Waals surface area contributed by atoms with Gasteiger partial charge in [-0.3, -0.25) is 24.1 Å². The fourth-order valence-corrected chi connectivity index (χ4v) is 5.25. The van der Waals surface area contributed by atoms with E-state index in [4.69, 9.17) is 4.74 Å². The zero-order valence-electron chi connectivity index (χ0n) is 20.6. The van der Waals surface area contributed by atoms with Gasteiger partial charge in [0.2, 0.25) is 5.43 Å². The van der Waals surface area contributed by atoms with Crippen LogP contribution in [-0.2, 0) is 6.54 Å². The zero-order chi connectivity index (χ0) is 25.9. The number of benzene rings is 1. The second-order valence-electron chi connectivity index (χ2n) is 9.59. The summed E-state index contributed by atoms with van der Waals surface area (Å²) in [5.41, 5.74) is -0.723. The van der Waals surface area contributed by atoms with Gasteiger partial charge in [0.1, 0.15) is 23.3 Å². The Morgan fingerprint density at radius 3 is 2.73 bits per heavy atom. The molecular weight excluding hydrogens is 479 g/mol. The minimum absolute atomic E-state index is 0.00864. The summed E-state index contributed by atoms with van der Waals surface area (Å²) < 4.78 is 21.1. The van der Waals surface area contributed by atoms with E-state index < -0.39 is 28.8 Å². The van der Waals surface area contributed by atoms with Gasteiger partial charge in [-0.25, -0.2) is 4.39 Å². The molecule has 2 amide bonds. The third kappa shape index (κ3) is 4.92.